The van der Waals surface area contributed by atoms with Crippen LogP contribution in [0.1, 0.15) is 156 Å². The normalized spacial score (nSPS) is 14.5. The number of carbonyl (C=O) groups excluding carboxylic acids is 2. The first kappa shape index (κ1) is 44.0. The number of amides is 1. The molecule has 5 nitrogen and oxygen atoms in total. The van der Waals surface area contributed by atoms with Gasteiger partial charge >= 0.3 is 12.1 Å². The first-order chi connectivity index (χ1) is 29.1. The average molecular weight is 815 g/mol. The fraction of sp³-hybridized carbons (Fsp3) is 0.434. The second-order valence-corrected chi connectivity index (χ2v) is 16.7. The van der Waals surface area contributed by atoms with E-state index in [4.69, 9.17) is 21.1 Å². The Bertz CT molecular complexity index is 1920. The molecule has 0 fully saturated rings. The Hall–Kier alpha value is -4.61. The van der Waals surface area contributed by atoms with Gasteiger partial charge in [0.25, 0.3) is 0 Å². The van der Waals surface area contributed by atoms with Crippen molar-refractivity contribution < 1.29 is 19.1 Å². The molecule has 2 aliphatic carbocycles. The standard InChI is InChI=1S/C53H64ClNO4/c54-50-38-27-26-37-49(50)53(42-29-17-15-18-30-42,43-31-19-16-20-32-43)59-51(56)39-21-13-11-9-7-5-3-1-2-4-6-8-10-12-14-28-40-55-52(57)58-41-48-46-35-24-22-33-44(46)45-34-23-25-36-47(45)48/h15-20,22,24-27,29-33,35-38,48H,1-14,21,23,28,34,39-41H2,(H,55,57). The number of allylic oxidation sites excluding steroid dienone is 3. The molecule has 1 atom stereocenters. The Morgan fingerprint density at radius 2 is 1.15 bits per heavy atom. The maximum atomic E-state index is 13.5. The minimum absolute atomic E-state index is 0.147. The van der Waals surface area contributed by atoms with E-state index in [2.05, 4.69) is 41.7 Å². The van der Waals surface area contributed by atoms with Crippen LogP contribution in [-0.2, 0) is 19.9 Å². The van der Waals surface area contributed by atoms with Crippen LogP contribution in [0.4, 0.5) is 4.79 Å². The third kappa shape index (κ3) is 12.5. The Morgan fingerprint density at radius 3 is 1.76 bits per heavy atom. The summed E-state index contributed by atoms with van der Waals surface area (Å²) in [4.78, 5) is 25.9. The summed E-state index contributed by atoms with van der Waals surface area (Å²) in [5.74, 6) is -0.0620. The minimum Gasteiger partial charge on any atom is -0.449 e. The molecular formula is C53H64ClNO4. The molecule has 1 N–H and O–H groups in total. The minimum atomic E-state index is -1.13. The number of carbonyl (C=O) groups is 2. The summed E-state index contributed by atoms with van der Waals surface area (Å²) in [6.07, 6.45) is 26.0. The lowest BCUT2D eigenvalue weighted by Gasteiger charge is -2.36. The Balaban J connectivity index is 0.749. The molecule has 1 amide bonds. The number of esters is 1. The van der Waals surface area contributed by atoms with Crippen LogP contribution in [0.25, 0.3) is 5.57 Å². The van der Waals surface area contributed by atoms with Crippen LogP contribution in [0.5, 0.6) is 0 Å². The molecular weight excluding hydrogens is 750 g/mol. The fourth-order valence-corrected chi connectivity index (χ4v) is 9.23. The number of ether oxygens (including phenoxy) is 2. The largest absolute Gasteiger partial charge is 0.449 e. The predicted octanol–water partition coefficient (Wildman–Crippen LogP) is 14.4. The fourth-order valence-electron chi connectivity index (χ4n) is 8.96. The van der Waals surface area contributed by atoms with E-state index in [1.54, 1.807) is 0 Å². The summed E-state index contributed by atoms with van der Waals surface area (Å²) >= 11 is 6.79. The molecule has 0 aromatic heterocycles. The van der Waals surface area contributed by atoms with E-state index < -0.39 is 5.60 Å². The Labute approximate surface area is 358 Å². The van der Waals surface area contributed by atoms with Gasteiger partial charge < -0.3 is 14.8 Å². The topological polar surface area (TPSA) is 64.6 Å². The van der Waals surface area contributed by atoms with Crippen molar-refractivity contribution in [2.45, 2.75) is 134 Å². The van der Waals surface area contributed by atoms with Gasteiger partial charge in [0.2, 0.25) is 0 Å². The van der Waals surface area contributed by atoms with E-state index in [-0.39, 0.29) is 18.0 Å². The summed E-state index contributed by atoms with van der Waals surface area (Å²) in [5, 5.41) is 3.53. The molecule has 0 heterocycles. The van der Waals surface area contributed by atoms with Gasteiger partial charge in [0.05, 0.1) is 0 Å². The molecule has 0 saturated heterocycles. The molecule has 2 aliphatic rings. The maximum absolute atomic E-state index is 13.5. The van der Waals surface area contributed by atoms with Crippen molar-refractivity contribution in [1.82, 2.24) is 5.32 Å². The number of fused-ring (bicyclic) bond motifs is 2. The smallest absolute Gasteiger partial charge is 0.407 e. The summed E-state index contributed by atoms with van der Waals surface area (Å²) in [5.41, 5.74) is 6.75. The lowest BCUT2D eigenvalue weighted by molar-refractivity contribution is -0.153. The third-order valence-electron chi connectivity index (χ3n) is 12.1. The number of benzene rings is 4. The summed E-state index contributed by atoms with van der Waals surface area (Å²) in [7, 11) is 0. The molecule has 4 aromatic carbocycles. The van der Waals surface area contributed by atoms with Gasteiger partial charge in [-0.2, -0.15) is 0 Å². The molecule has 0 radical (unpaired) electrons. The van der Waals surface area contributed by atoms with E-state index >= 15 is 0 Å². The maximum Gasteiger partial charge on any atom is 0.407 e. The van der Waals surface area contributed by atoms with Crippen molar-refractivity contribution in [1.29, 1.82) is 0 Å². The molecule has 0 bridgehead atoms. The van der Waals surface area contributed by atoms with Gasteiger partial charge in [-0.25, -0.2) is 4.79 Å². The van der Waals surface area contributed by atoms with Crippen LogP contribution in [0.2, 0.25) is 5.02 Å². The number of hydrogen-bond donors (Lipinski definition) is 1. The molecule has 4 aromatic rings. The molecule has 312 valence electrons. The molecule has 6 heteroatoms. The van der Waals surface area contributed by atoms with Crippen LogP contribution in [-0.4, -0.2) is 25.2 Å². The summed E-state index contributed by atoms with van der Waals surface area (Å²) in [6.45, 7) is 1.08. The van der Waals surface area contributed by atoms with E-state index in [1.165, 1.54) is 92.9 Å². The number of rotatable bonds is 25. The number of alkyl carbamates (subject to hydrolysis) is 1. The third-order valence-corrected chi connectivity index (χ3v) is 12.4. The second-order valence-electron chi connectivity index (χ2n) is 16.3. The number of hydrogen-bond acceptors (Lipinski definition) is 4. The van der Waals surface area contributed by atoms with Crippen LogP contribution in [0.3, 0.4) is 0 Å². The Morgan fingerprint density at radius 1 is 0.627 bits per heavy atom. The predicted molar refractivity (Wildman–Crippen MR) is 243 cm³/mol. The zero-order valence-electron chi connectivity index (χ0n) is 35.0. The molecule has 59 heavy (non-hydrogen) atoms. The molecule has 6 rings (SSSR count). The van der Waals surface area contributed by atoms with Crippen molar-refractivity contribution in [3.8, 4) is 0 Å². The van der Waals surface area contributed by atoms with E-state index in [0.29, 0.717) is 24.6 Å². The van der Waals surface area contributed by atoms with Gasteiger partial charge in [-0.05, 0) is 54.0 Å². The van der Waals surface area contributed by atoms with Gasteiger partial charge in [0.1, 0.15) is 6.61 Å². The zero-order valence-corrected chi connectivity index (χ0v) is 35.7. The van der Waals surface area contributed by atoms with Crippen LogP contribution < -0.4 is 5.32 Å². The number of unbranched alkanes of at least 4 members (excludes halogenated alkanes) is 15. The van der Waals surface area contributed by atoms with Gasteiger partial charge in [-0.3, -0.25) is 4.79 Å². The van der Waals surface area contributed by atoms with E-state index in [1.807, 2.05) is 84.9 Å². The van der Waals surface area contributed by atoms with Gasteiger partial charge in [0, 0.05) is 40.6 Å². The van der Waals surface area contributed by atoms with E-state index in [0.717, 1.165) is 61.6 Å². The van der Waals surface area contributed by atoms with Gasteiger partial charge in [-0.15, -0.1) is 0 Å². The summed E-state index contributed by atoms with van der Waals surface area (Å²) in [6, 6.07) is 36.1. The number of halogens is 1. The highest BCUT2D eigenvalue weighted by atomic mass is 35.5. The Kier molecular flexibility index (Phi) is 17.8. The molecule has 1 unspecified atom stereocenters. The van der Waals surface area contributed by atoms with Crippen LogP contribution in [0, 0.1) is 0 Å². The summed E-state index contributed by atoms with van der Waals surface area (Å²) < 4.78 is 12.2. The van der Waals surface area contributed by atoms with Gasteiger partial charge in [0.15, 0.2) is 5.60 Å². The highest BCUT2D eigenvalue weighted by Crippen LogP contribution is 2.46. The highest BCUT2D eigenvalue weighted by molar-refractivity contribution is 6.31. The monoisotopic (exact) mass is 813 g/mol. The molecule has 0 aliphatic heterocycles. The number of nitrogens with one attached hydrogen (secondary N) is 1. The van der Waals surface area contributed by atoms with Crippen LogP contribution >= 0.6 is 11.6 Å². The lowest BCUT2D eigenvalue weighted by atomic mass is 9.80. The van der Waals surface area contributed by atoms with Crippen LogP contribution in [0.15, 0.2) is 127 Å². The lowest BCUT2D eigenvalue weighted by Crippen LogP contribution is -2.35. The van der Waals surface area contributed by atoms with Crippen molar-refractivity contribution in [2.24, 2.45) is 0 Å². The van der Waals surface area contributed by atoms with Crippen molar-refractivity contribution in [3.63, 3.8) is 0 Å². The second kappa shape index (κ2) is 23.8. The zero-order chi connectivity index (χ0) is 41.0. The van der Waals surface area contributed by atoms with Gasteiger partial charge in [-0.1, -0.05) is 217 Å². The highest BCUT2D eigenvalue weighted by Gasteiger charge is 2.42. The molecule has 0 saturated carbocycles. The first-order valence-corrected chi connectivity index (χ1v) is 22.9. The van der Waals surface area contributed by atoms with Crippen molar-refractivity contribution in [3.05, 3.63) is 160 Å². The SMILES string of the molecule is O=C(CCCCCCCCCCCCCCCCCCNC(=O)OCC1C2=C(CCC=C2)c2ccccc21)OC(c1ccccc1)(c1ccccc1)c1ccccc1Cl. The first-order valence-electron chi connectivity index (χ1n) is 22.6. The van der Waals surface area contributed by atoms with Crippen molar-refractivity contribution in [2.75, 3.05) is 13.2 Å². The van der Waals surface area contributed by atoms with E-state index in [9.17, 15) is 9.59 Å². The van der Waals surface area contributed by atoms with Crippen molar-refractivity contribution >= 4 is 29.2 Å². The quantitative estimate of drug-likeness (QED) is 0.0411. The molecule has 0 spiro atoms. The average Bonchev–Trinajstić information content (AvgIpc) is 3.59.